The molecule has 0 spiro atoms. The first-order valence-electron chi connectivity index (χ1n) is 5.62. The standard InChI is InChI=1S/C14H7Cl2F3O2/c15-10-5-6-11(16)12(7-10)21-13(20)8-1-3-9(4-2-8)14(17,18)19/h1-7H. The van der Waals surface area contributed by atoms with Crippen LogP contribution in [0.2, 0.25) is 10.0 Å². The summed E-state index contributed by atoms with van der Waals surface area (Å²) in [4.78, 5) is 11.8. The predicted octanol–water partition coefficient (Wildman–Crippen LogP) is 5.23. The van der Waals surface area contributed by atoms with E-state index in [4.69, 9.17) is 27.9 Å². The number of carbonyl (C=O) groups excluding carboxylic acids is 1. The number of rotatable bonds is 2. The third kappa shape index (κ3) is 3.89. The van der Waals surface area contributed by atoms with Gasteiger partial charge in [0.05, 0.1) is 16.1 Å². The SMILES string of the molecule is O=C(Oc1cc(Cl)ccc1Cl)c1ccc(C(F)(F)F)cc1. The molecule has 0 heterocycles. The van der Waals surface area contributed by atoms with Crippen molar-refractivity contribution in [3.8, 4) is 5.75 Å². The molecule has 2 rings (SSSR count). The van der Waals surface area contributed by atoms with Crippen molar-refractivity contribution in [2.75, 3.05) is 0 Å². The number of alkyl halides is 3. The van der Waals surface area contributed by atoms with Crippen LogP contribution in [0.4, 0.5) is 13.2 Å². The third-order valence-corrected chi connectivity index (χ3v) is 3.09. The highest BCUT2D eigenvalue weighted by atomic mass is 35.5. The molecule has 7 heteroatoms. The second-order valence-corrected chi connectivity index (χ2v) is 4.88. The maximum absolute atomic E-state index is 12.4. The molecular formula is C14H7Cl2F3O2. The van der Waals surface area contributed by atoms with E-state index >= 15 is 0 Å². The molecule has 0 saturated heterocycles. The van der Waals surface area contributed by atoms with Crippen molar-refractivity contribution in [1.29, 1.82) is 0 Å². The molecule has 0 bridgehead atoms. The van der Waals surface area contributed by atoms with E-state index in [0.717, 1.165) is 24.3 Å². The lowest BCUT2D eigenvalue weighted by atomic mass is 10.1. The fraction of sp³-hybridized carbons (Fsp3) is 0.0714. The van der Waals surface area contributed by atoms with E-state index in [2.05, 4.69) is 0 Å². The Bertz CT molecular complexity index is 667. The summed E-state index contributed by atoms with van der Waals surface area (Å²) in [5.41, 5.74) is -0.876. The van der Waals surface area contributed by atoms with E-state index in [9.17, 15) is 18.0 Å². The lowest BCUT2D eigenvalue weighted by molar-refractivity contribution is -0.137. The van der Waals surface area contributed by atoms with Gasteiger partial charge in [-0.2, -0.15) is 13.2 Å². The zero-order valence-corrected chi connectivity index (χ0v) is 11.8. The number of esters is 1. The summed E-state index contributed by atoms with van der Waals surface area (Å²) in [6, 6.07) is 7.96. The monoisotopic (exact) mass is 334 g/mol. The van der Waals surface area contributed by atoms with Crippen LogP contribution in [-0.4, -0.2) is 5.97 Å². The quantitative estimate of drug-likeness (QED) is 0.555. The van der Waals surface area contributed by atoms with Gasteiger partial charge in [0.1, 0.15) is 0 Å². The van der Waals surface area contributed by atoms with Crippen LogP contribution in [0.3, 0.4) is 0 Å². The summed E-state index contributed by atoms with van der Waals surface area (Å²) in [5, 5.41) is 0.481. The van der Waals surface area contributed by atoms with Gasteiger partial charge in [-0.05, 0) is 36.4 Å². The van der Waals surface area contributed by atoms with Crippen LogP contribution in [0.25, 0.3) is 0 Å². The molecule has 0 atom stereocenters. The van der Waals surface area contributed by atoms with Crippen molar-refractivity contribution < 1.29 is 22.7 Å². The van der Waals surface area contributed by atoms with Crippen molar-refractivity contribution in [1.82, 2.24) is 0 Å². The van der Waals surface area contributed by atoms with Crippen LogP contribution in [0.15, 0.2) is 42.5 Å². The van der Waals surface area contributed by atoms with Crippen molar-refractivity contribution in [3.63, 3.8) is 0 Å². The molecule has 0 aliphatic carbocycles. The molecule has 2 aromatic rings. The molecule has 0 radical (unpaired) electrons. The zero-order chi connectivity index (χ0) is 15.6. The molecule has 0 N–H and O–H groups in total. The van der Waals surface area contributed by atoms with E-state index < -0.39 is 17.7 Å². The average molecular weight is 335 g/mol. The van der Waals surface area contributed by atoms with Gasteiger partial charge in [-0.3, -0.25) is 0 Å². The molecule has 0 aliphatic heterocycles. The highest BCUT2D eigenvalue weighted by molar-refractivity contribution is 6.34. The maximum atomic E-state index is 12.4. The van der Waals surface area contributed by atoms with Gasteiger partial charge in [-0.1, -0.05) is 23.2 Å². The van der Waals surface area contributed by atoms with Crippen molar-refractivity contribution >= 4 is 29.2 Å². The first kappa shape index (κ1) is 15.7. The summed E-state index contributed by atoms with van der Waals surface area (Å²) in [7, 11) is 0. The molecule has 0 unspecified atom stereocenters. The average Bonchev–Trinajstić information content (AvgIpc) is 2.42. The van der Waals surface area contributed by atoms with Gasteiger partial charge in [0.25, 0.3) is 0 Å². The summed E-state index contributed by atoms with van der Waals surface area (Å²) >= 11 is 11.6. The van der Waals surface area contributed by atoms with Crippen LogP contribution < -0.4 is 4.74 Å². The Morgan fingerprint density at radius 2 is 1.62 bits per heavy atom. The molecule has 2 aromatic carbocycles. The fourth-order valence-electron chi connectivity index (χ4n) is 1.51. The largest absolute Gasteiger partial charge is 0.421 e. The van der Waals surface area contributed by atoms with E-state index in [1.807, 2.05) is 0 Å². The summed E-state index contributed by atoms with van der Waals surface area (Å²) in [6.07, 6.45) is -4.46. The molecule has 0 fully saturated rings. The van der Waals surface area contributed by atoms with Crippen molar-refractivity contribution in [2.45, 2.75) is 6.18 Å². The Morgan fingerprint density at radius 3 is 2.19 bits per heavy atom. The van der Waals surface area contributed by atoms with Crippen LogP contribution in [0.5, 0.6) is 5.75 Å². The van der Waals surface area contributed by atoms with Gasteiger partial charge in [0.15, 0.2) is 5.75 Å². The van der Waals surface area contributed by atoms with Crippen LogP contribution in [0.1, 0.15) is 15.9 Å². The Labute approximate surface area is 128 Å². The number of hydrogen-bond acceptors (Lipinski definition) is 2. The Kier molecular flexibility index (Phi) is 4.44. The van der Waals surface area contributed by atoms with Gasteiger partial charge in [-0.25, -0.2) is 4.79 Å². The number of hydrogen-bond donors (Lipinski definition) is 0. The molecule has 2 nitrogen and oxygen atoms in total. The van der Waals surface area contributed by atoms with Crippen LogP contribution >= 0.6 is 23.2 Å². The van der Waals surface area contributed by atoms with E-state index in [0.29, 0.717) is 5.02 Å². The molecule has 0 saturated carbocycles. The van der Waals surface area contributed by atoms with Gasteiger partial charge in [-0.15, -0.1) is 0 Å². The van der Waals surface area contributed by atoms with Crippen LogP contribution in [0, 0.1) is 0 Å². The Hall–Kier alpha value is -1.72. The molecule has 0 amide bonds. The van der Waals surface area contributed by atoms with Gasteiger partial charge < -0.3 is 4.74 Å². The smallest absolute Gasteiger partial charge is 0.416 e. The summed E-state index contributed by atoms with van der Waals surface area (Å²) in [6.45, 7) is 0. The lowest BCUT2D eigenvalue weighted by Crippen LogP contribution is -2.10. The molecule has 110 valence electrons. The minimum atomic E-state index is -4.46. The fourth-order valence-corrected chi connectivity index (χ4v) is 1.83. The highest BCUT2D eigenvalue weighted by Gasteiger charge is 2.30. The van der Waals surface area contributed by atoms with Gasteiger partial charge >= 0.3 is 12.1 Å². The van der Waals surface area contributed by atoms with Gasteiger partial charge in [0.2, 0.25) is 0 Å². The molecule has 0 aromatic heterocycles. The first-order chi connectivity index (χ1) is 9.77. The van der Waals surface area contributed by atoms with E-state index in [-0.39, 0.29) is 16.3 Å². The van der Waals surface area contributed by atoms with Crippen LogP contribution in [-0.2, 0) is 6.18 Å². The highest BCUT2D eigenvalue weighted by Crippen LogP contribution is 2.30. The Balaban J connectivity index is 2.19. The summed E-state index contributed by atoms with van der Waals surface area (Å²) < 4.78 is 42.3. The molecular weight excluding hydrogens is 328 g/mol. The van der Waals surface area contributed by atoms with Crippen molar-refractivity contribution in [3.05, 3.63) is 63.6 Å². The maximum Gasteiger partial charge on any atom is 0.416 e. The predicted molar refractivity (Wildman–Crippen MR) is 72.9 cm³/mol. The number of benzene rings is 2. The second-order valence-electron chi connectivity index (χ2n) is 4.04. The third-order valence-electron chi connectivity index (χ3n) is 2.54. The summed E-state index contributed by atoms with van der Waals surface area (Å²) in [5.74, 6) is -0.790. The van der Waals surface area contributed by atoms with Crippen molar-refractivity contribution in [2.24, 2.45) is 0 Å². The Morgan fingerprint density at radius 1 is 1.00 bits per heavy atom. The second kappa shape index (κ2) is 5.95. The minimum absolute atomic E-state index is 0.0287. The topological polar surface area (TPSA) is 26.3 Å². The minimum Gasteiger partial charge on any atom is -0.421 e. The van der Waals surface area contributed by atoms with Gasteiger partial charge in [0, 0.05) is 11.1 Å². The zero-order valence-electron chi connectivity index (χ0n) is 10.2. The first-order valence-corrected chi connectivity index (χ1v) is 6.37. The number of ether oxygens (including phenoxy) is 1. The number of carbonyl (C=O) groups is 1. The van der Waals surface area contributed by atoms with E-state index in [1.165, 1.54) is 18.2 Å². The lowest BCUT2D eigenvalue weighted by Gasteiger charge is -2.08. The molecule has 0 aliphatic rings. The number of halogens is 5. The molecule has 21 heavy (non-hydrogen) atoms. The normalized spacial score (nSPS) is 11.3. The van der Waals surface area contributed by atoms with E-state index in [1.54, 1.807) is 0 Å².